The van der Waals surface area contributed by atoms with Gasteiger partial charge < -0.3 is 15.5 Å². The number of likely N-dealkylation sites (N-methyl/N-ethyl adjacent to an activating group) is 1. The van der Waals surface area contributed by atoms with Gasteiger partial charge in [-0.05, 0) is 53.6 Å². The molecule has 0 amide bonds. The van der Waals surface area contributed by atoms with Gasteiger partial charge in [-0.1, -0.05) is 0 Å². The van der Waals surface area contributed by atoms with Gasteiger partial charge in [0.1, 0.15) is 0 Å². The van der Waals surface area contributed by atoms with Crippen molar-refractivity contribution in [3.8, 4) is 0 Å². The van der Waals surface area contributed by atoms with E-state index >= 15 is 0 Å². The highest BCUT2D eigenvalue weighted by Gasteiger charge is 2.29. The summed E-state index contributed by atoms with van der Waals surface area (Å²) < 4.78 is 0. The van der Waals surface area contributed by atoms with Gasteiger partial charge in [0.2, 0.25) is 0 Å². The molecule has 0 saturated carbocycles. The summed E-state index contributed by atoms with van der Waals surface area (Å²) in [5.41, 5.74) is 0.263. The molecule has 0 spiro atoms. The van der Waals surface area contributed by atoms with Crippen LogP contribution in [0.1, 0.15) is 40.0 Å². The Morgan fingerprint density at radius 2 is 1.95 bits per heavy atom. The standard InChI is InChI=1S/C16H34N4/c1-14(12-15-6-5-7-17-15)18-13-16(2,3)20-10-8-19(4)9-11-20/h14-15,17-18H,5-13H2,1-4H3. The molecular weight excluding hydrogens is 248 g/mol. The van der Waals surface area contributed by atoms with Crippen LogP contribution in [0.15, 0.2) is 0 Å². The second-order valence-corrected chi connectivity index (χ2v) is 7.41. The van der Waals surface area contributed by atoms with Gasteiger partial charge in [-0.3, -0.25) is 4.90 Å². The number of piperazine rings is 1. The first-order valence-electron chi connectivity index (χ1n) is 8.38. The predicted molar refractivity (Wildman–Crippen MR) is 86.3 cm³/mol. The van der Waals surface area contributed by atoms with E-state index in [0.717, 1.165) is 12.6 Å². The Balaban J connectivity index is 1.70. The van der Waals surface area contributed by atoms with Crippen molar-refractivity contribution >= 4 is 0 Å². The topological polar surface area (TPSA) is 30.5 Å². The Morgan fingerprint density at radius 1 is 1.25 bits per heavy atom. The summed E-state index contributed by atoms with van der Waals surface area (Å²) in [5.74, 6) is 0. The predicted octanol–water partition coefficient (Wildman–Crippen LogP) is 1.13. The van der Waals surface area contributed by atoms with Crippen molar-refractivity contribution in [2.45, 2.75) is 57.7 Å². The lowest BCUT2D eigenvalue weighted by molar-refractivity contribution is 0.0601. The molecule has 0 aliphatic carbocycles. The quantitative estimate of drug-likeness (QED) is 0.765. The van der Waals surface area contributed by atoms with E-state index in [1.807, 2.05) is 0 Å². The molecule has 2 N–H and O–H groups in total. The number of hydrogen-bond donors (Lipinski definition) is 2. The summed E-state index contributed by atoms with van der Waals surface area (Å²) in [6.07, 6.45) is 3.97. The van der Waals surface area contributed by atoms with Gasteiger partial charge in [-0.25, -0.2) is 0 Å². The van der Waals surface area contributed by atoms with E-state index in [1.165, 1.54) is 52.0 Å². The lowest BCUT2D eigenvalue weighted by Gasteiger charge is -2.44. The molecule has 2 fully saturated rings. The van der Waals surface area contributed by atoms with E-state index in [2.05, 4.69) is 48.3 Å². The van der Waals surface area contributed by atoms with Crippen LogP contribution in [0.25, 0.3) is 0 Å². The molecule has 4 heteroatoms. The molecule has 0 aromatic heterocycles. The highest BCUT2D eigenvalue weighted by atomic mass is 15.3. The summed E-state index contributed by atoms with van der Waals surface area (Å²) in [7, 11) is 2.22. The van der Waals surface area contributed by atoms with Crippen LogP contribution in [-0.4, -0.2) is 73.7 Å². The van der Waals surface area contributed by atoms with Gasteiger partial charge >= 0.3 is 0 Å². The zero-order valence-corrected chi connectivity index (χ0v) is 13.9. The molecule has 0 aromatic rings. The minimum Gasteiger partial charge on any atom is -0.314 e. The molecule has 20 heavy (non-hydrogen) atoms. The maximum atomic E-state index is 3.76. The number of rotatable bonds is 6. The Kier molecular flexibility index (Phi) is 5.84. The Hall–Kier alpha value is -0.160. The van der Waals surface area contributed by atoms with Gasteiger partial charge in [0.05, 0.1) is 0 Å². The average Bonchev–Trinajstić information content (AvgIpc) is 2.90. The third-order valence-corrected chi connectivity index (χ3v) is 5.04. The van der Waals surface area contributed by atoms with Gasteiger partial charge in [0.15, 0.2) is 0 Å². The van der Waals surface area contributed by atoms with Crippen LogP contribution in [0.5, 0.6) is 0 Å². The normalized spacial score (nSPS) is 27.9. The maximum absolute atomic E-state index is 3.76. The largest absolute Gasteiger partial charge is 0.314 e. The minimum absolute atomic E-state index is 0.263. The molecule has 0 radical (unpaired) electrons. The molecule has 2 aliphatic rings. The van der Waals surface area contributed by atoms with Crippen molar-refractivity contribution in [1.29, 1.82) is 0 Å². The molecular formula is C16H34N4. The SMILES string of the molecule is CC(CC1CCCN1)NCC(C)(C)N1CCN(C)CC1. The highest BCUT2D eigenvalue weighted by Crippen LogP contribution is 2.17. The zero-order chi connectivity index (χ0) is 14.6. The molecule has 2 aliphatic heterocycles. The van der Waals surface area contributed by atoms with E-state index in [9.17, 15) is 0 Å². The fourth-order valence-corrected chi connectivity index (χ4v) is 3.42. The van der Waals surface area contributed by atoms with Crippen molar-refractivity contribution < 1.29 is 0 Å². The van der Waals surface area contributed by atoms with Crippen LogP contribution in [0.3, 0.4) is 0 Å². The van der Waals surface area contributed by atoms with E-state index in [0.29, 0.717) is 6.04 Å². The van der Waals surface area contributed by atoms with E-state index in [4.69, 9.17) is 0 Å². The van der Waals surface area contributed by atoms with Crippen molar-refractivity contribution in [2.75, 3.05) is 46.3 Å². The van der Waals surface area contributed by atoms with Gasteiger partial charge in [-0.15, -0.1) is 0 Å². The number of nitrogens with zero attached hydrogens (tertiary/aromatic N) is 2. The minimum atomic E-state index is 0.263. The molecule has 0 bridgehead atoms. The second-order valence-electron chi connectivity index (χ2n) is 7.41. The third kappa shape index (κ3) is 4.69. The lowest BCUT2D eigenvalue weighted by Crippen LogP contribution is -2.58. The molecule has 2 atom stereocenters. The van der Waals surface area contributed by atoms with Crippen molar-refractivity contribution in [3.63, 3.8) is 0 Å². The van der Waals surface area contributed by atoms with Crippen molar-refractivity contribution in [2.24, 2.45) is 0 Å². The van der Waals surface area contributed by atoms with Gasteiger partial charge in [0, 0.05) is 50.3 Å². The number of nitrogens with one attached hydrogen (secondary N) is 2. The molecule has 2 heterocycles. The van der Waals surface area contributed by atoms with Gasteiger partial charge in [0.25, 0.3) is 0 Å². The summed E-state index contributed by atoms with van der Waals surface area (Å²) >= 11 is 0. The van der Waals surface area contributed by atoms with Crippen LogP contribution in [0.2, 0.25) is 0 Å². The van der Waals surface area contributed by atoms with Crippen LogP contribution < -0.4 is 10.6 Å². The van der Waals surface area contributed by atoms with E-state index in [1.54, 1.807) is 0 Å². The zero-order valence-electron chi connectivity index (χ0n) is 13.9. The Labute approximate surface area is 125 Å². The van der Waals surface area contributed by atoms with Crippen LogP contribution in [-0.2, 0) is 0 Å². The highest BCUT2D eigenvalue weighted by molar-refractivity contribution is 4.88. The molecule has 2 saturated heterocycles. The molecule has 0 aromatic carbocycles. The van der Waals surface area contributed by atoms with Crippen LogP contribution >= 0.6 is 0 Å². The summed E-state index contributed by atoms with van der Waals surface area (Å²) in [6, 6.07) is 1.35. The molecule has 2 rings (SSSR count). The molecule has 2 unspecified atom stereocenters. The lowest BCUT2D eigenvalue weighted by atomic mass is 10.00. The molecule has 4 nitrogen and oxygen atoms in total. The third-order valence-electron chi connectivity index (χ3n) is 5.04. The van der Waals surface area contributed by atoms with Crippen molar-refractivity contribution in [1.82, 2.24) is 20.4 Å². The first kappa shape index (κ1) is 16.2. The Bertz CT molecular complexity index is 278. The van der Waals surface area contributed by atoms with Crippen LogP contribution in [0, 0.1) is 0 Å². The monoisotopic (exact) mass is 282 g/mol. The summed E-state index contributed by atoms with van der Waals surface area (Å²) in [5, 5.41) is 7.36. The van der Waals surface area contributed by atoms with Crippen LogP contribution in [0.4, 0.5) is 0 Å². The fraction of sp³-hybridized carbons (Fsp3) is 1.00. The second kappa shape index (κ2) is 7.21. The smallest absolute Gasteiger partial charge is 0.0278 e. The Morgan fingerprint density at radius 3 is 2.55 bits per heavy atom. The number of hydrogen-bond acceptors (Lipinski definition) is 4. The first-order chi connectivity index (χ1) is 9.47. The van der Waals surface area contributed by atoms with E-state index in [-0.39, 0.29) is 5.54 Å². The summed E-state index contributed by atoms with van der Waals surface area (Å²) in [6.45, 7) is 14.2. The maximum Gasteiger partial charge on any atom is 0.0278 e. The first-order valence-corrected chi connectivity index (χ1v) is 8.38. The van der Waals surface area contributed by atoms with E-state index < -0.39 is 0 Å². The molecule has 118 valence electrons. The van der Waals surface area contributed by atoms with Gasteiger partial charge in [-0.2, -0.15) is 0 Å². The van der Waals surface area contributed by atoms with Crippen molar-refractivity contribution in [3.05, 3.63) is 0 Å². The fourth-order valence-electron chi connectivity index (χ4n) is 3.42. The average molecular weight is 282 g/mol. The summed E-state index contributed by atoms with van der Waals surface area (Å²) in [4.78, 5) is 5.06.